The van der Waals surface area contributed by atoms with Crippen molar-refractivity contribution in [2.24, 2.45) is 0 Å². The van der Waals surface area contributed by atoms with E-state index in [2.05, 4.69) is 120 Å². The van der Waals surface area contributed by atoms with Gasteiger partial charge in [0.25, 0.3) is 0 Å². The zero-order valence-electron chi connectivity index (χ0n) is 23.4. The van der Waals surface area contributed by atoms with Crippen LogP contribution in [0.5, 0.6) is 0 Å². The zero-order valence-corrected chi connectivity index (χ0v) is 29.2. The maximum atomic E-state index is 4.08. The van der Waals surface area contributed by atoms with Crippen LogP contribution in [0, 0.1) is 13.0 Å². The summed E-state index contributed by atoms with van der Waals surface area (Å²) in [5.74, 6) is 0. The molecule has 0 radical (unpaired) electrons. The summed E-state index contributed by atoms with van der Waals surface area (Å²) in [7, 11) is -3.64. The van der Waals surface area contributed by atoms with Crippen LogP contribution in [0.4, 0.5) is 0 Å². The van der Waals surface area contributed by atoms with Crippen molar-refractivity contribution in [2.45, 2.75) is 111 Å². The minimum absolute atomic E-state index is 0. The fraction of sp³-hybridized carbons (Fsp3) is 0.630. The van der Waals surface area contributed by atoms with Crippen molar-refractivity contribution in [3.8, 4) is 0 Å². The van der Waals surface area contributed by atoms with Crippen molar-refractivity contribution in [1.29, 1.82) is 0 Å². The third-order valence-corrected chi connectivity index (χ3v) is 17.4. The van der Waals surface area contributed by atoms with Gasteiger partial charge in [0.2, 0.25) is 0 Å². The molecule has 0 spiro atoms. The Labute approximate surface area is 241 Å². The molecule has 1 aliphatic rings. The van der Waals surface area contributed by atoms with Crippen LogP contribution in [0.3, 0.4) is 0 Å². The SMILES string of the molecule is CC1=[C-]C(C)([Si](c2cc(C)cc([Si](C)(C)C)c2)(C(C)(C)C)C(C)(C)C)C(C)=C1C.[Cl-].[Cl-].[Cl-].[Ti+4]. The predicted octanol–water partition coefficient (Wildman–Crippen LogP) is -1.33. The molecule has 0 saturated heterocycles. The number of benzene rings is 1. The van der Waals surface area contributed by atoms with Gasteiger partial charge in [-0.1, -0.05) is 121 Å². The second-order valence-corrected chi connectivity index (χ2v) is 23.9. The van der Waals surface area contributed by atoms with Gasteiger partial charge in [-0.05, 0) is 17.0 Å². The van der Waals surface area contributed by atoms with E-state index in [0.717, 1.165) is 0 Å². The fourth-order valence-corrected chi connectivity index (χ4v) is 17.7. The van der Waals surface area contributed by atoms with Crippen LogP contribution in [0.1, 0.15) is 74.8 Å². The van der Waals surface area contributed by atoms with Gasteiger partial charge in [-0.25, -0.2) is 5.57 Å². The van der Waals surface area contributed by atoms with Gasteiger partial charge in [0.15, 0.2) is 0 Å². The molecular weight excluding hydrogens is 535 g/mol. The molecule has 0 bridgehead atoms. The number of aryl methyl sites for hydroxylation is 1. The Balaban J connectivity index is -0.00000225. The minimum Gasteiger partial charge on any atom is -1.00 e. The minimum atomic E-state index is -2.22. The molecule has 2 rings (SSSR count). The van der Waals surface area contributed by atoms with Crippen LogP contribution in [0.15, 0.2) is 34.9 Å². The molecule has 1 aromatic carbocycles. The van der Waals surface area contributed by atoms with Crippen LogP contribution < -0.4 is 47.6 Å². The summed E-state index contributed by atoms with van der Waals surface area (Å²) in [6.45, 7) is 34.2. The Morgan fingerprint density at radius 1 is 0.727 bits per heavy atom. The Morgan fingerprint density at radius 3 is 1.42 bits per heavy atom. The van der Waals surface area contributed by atoms with Gasteiger partial charge in [-0.15, -0.1) is 6.92 Å². The van der Waals surface area contributed by atoms with E-state index in [0.29, 0.717) is 0 Å². The third-order valence-electron chi connectivity index (χ3n) is 7.69. The van der Waals surface area contributed by atoms with E-state index < -0.39 is 16.1 Å². The van der Waals surface area contributed by atoms with Crippen molar-refractivity contribution >= 4 is 26.5 Å². The van der Waals surface area contributed by atoms with E-state index in [-0.39, 0.29) is 74.1 Å². The summed E-state index contributed by atoms with van der Waals surface area (Å²) in [5, 5.41) is 3.58. The summed E-state index contributed by atoms with van der Waals surface area (Å²) in [6, 6.07) is 7.62. The first-order valence-electron chi connectivity index (χ1n) is 11.2. The molecule has 0 fully saturated rings. The summed E-state index contributed by atoms with van der Waals surface area (Å²) in [6.07, 6.45) is 4.08. The van der Waals surface area contributed by atoms with Gasteiger partial charge in [0.05, 0.1) is 16.1 Å². The zero-order chi connectivity index (χ0) is 22.8. The van der Waals surface area contributed by atoms with Crippen LogP contribution in [0.2, 0.25) is 34.8 Å². The van der Waals surface area contributed by atoms with Crippen molar-refractivity contribution in [2.75, 3.05) is 0 Å². The number of rotatable bonds is 3. The third kappa shape index (κ3) is 6.17. The number of hydrogen-bond donors (Lipinski definition) is 0. The van der Waals surface area contributed by atoms with E-state index in [1.165, 1.54) is 16.7 Å². The normalized spacial score (nSPS) is 19.0. The fourth-order valence-electron chi connectivity index (χ4n) is 6.81. The van der Waals surface area contributed by atoms with E-state index in [4.69, 9.17) is 0 Å². The largest absolute Gasteiger partial charge is 4.00 e. The van der Waals surface area contributed by atoms with Crippen molar-refractivity contribution in [3.05, 3.63) is 46.6 Å². The number of halogens is 3. The Kier molecular flexibility index (Phi) is 13.7. The molecule has 1 atom stereocenters. The quantitative estimate of drug-likeness (QED) is 0.308. The van der Waals surface area contributed by atoms with Crippen LogP contribution in [-0.4, -0.2) is 16.1 Å². The van der Waals surface area contributed by atoms with Crippen molar-refractivity contribution in [1.82, 2.24) is 0 Å². The molecule has 0 N–H and O–H groups in total. The van der Waals surface area contributed by atoms with Gasteiger partial charge < -0.3 is 37.2 Å². The average molecular weight is 580 g/mol. The molecule has 1 unspecified atom stereocenters. The molecule has 0 aliphatic heterocycles. The topological polar surface area (TPSA) is 0 Å². The second-order valence-electron chi connectivity index (χ2n) is 12.7. The number of allylic oxidation sites excluding steroid dienone is 4. The standard InChI is InChI=1S/C27H45Si2.3ClH.Ti/c1-19-15-23(28(12,13)14)17-24(16-19)29(25(5,6)7,26(8,9)10)27(11)18-20(2)21(3)22(27)4;;;;/h15-17H,1-14H3;3*1H;/q-1;;;;+4/p-3. The summed E-state index contributed by atoms with van der Waals surface area (Å²) >= 11 is 0. The van der Waals surface area contributed by atoms with E-state index in [9.17, 15) is 0 Å². The second kappa shape index (κ2) is 11.8. The molecule has 1 aliphatic carbocycles. The summed E-state index contributed by atoms with van der Waals surface area (Å²) in [5.41, 5.74) is 5.78. The van der Waals surface area contributed by atoms with Crippen LogP contribution in [-0.2, 0) is 21.7 Å². The van der Waals surface area contributed by atoms with Crippen molar-refractivity contribution < 1.29 is 58.9 Å². The molecule has 0 amide bonds. The van der Waals surface area contributed by atoms with Gasteiger partial charge in [0.1, 0.15) is 0 Å². The van der Waals surface area contributed by atoms with Gasteiger partial charge in [-0.2, -0.15) is 11.1 Å². The molecule has 33 heavy (non-hydrogen) atoms. The molecular formula is C27H45Cl3Si2Ti. The van der Waals surface area contributed by atoms with Gasteiger partial charge in [-0.3, -0.25) is 6.08 Å². The average Bonchev–Trinajstić information content (AvgIpc) is 2.67. The molecule has 0 saturated carbocycles. The summed E-state index contributed by atoms with van der Waals surface area (Å²) < 4.78 is 0. The van der Waals surface area contributed by atoms with Gasteiger partial charge >= 0.3 is 21.7 Å². The number of hydrogen-bond acceptors (Lipinski definition) is 0. The first kappa shape index (κ1) is 38.3. The maximum absolute atomic E-state index is 4.08. The molecule has 1 aromatic rings. The first-order valence-corrected chi connectivity index (χ1v) is 16.7. The Hall–Kier alpha value is 0.718. The molecule has 0 heterocycles. The predicted molar refractivity (Wildman–Crippen MR) is 138 cm³/mol. The van der Waals surface area contributed by atoms with E-state index in [1.54, 1.807) is 15.9 Å². The summed E-state index contributed by atoms with van der Waals surface area (Å²) in [4.78, 5) is 0. The molecule has 6 heteroatoms. The monoisotopic (exact) mass is 578 g/mol. The Morgan fingerprint density at radius 2 is 1.12 bits per heavy atom. The van der Waals surface area contributed by atoms with E-state index in [1.807, 2.05) is 0 Å². The van der Waals surface area contributed by atoms with E-state index >= 15 is 0 Å². The molecule has 0 nitrogen and oxygen atoms in total. The maximum Gasteiger partial charge on any atom is 4.00 e. The van der Waals surface area contributed by atoms with Crippen molar-refractivity contribution in [3.63, 3.8) is 0 Å². The van der Waals surface area contributed by atoms with Crippen LogP contribution in [0.25, 0.3) is 0 Å². The smallest absolute Gasteiger partial charge is 1.00 e. The first-order chi connectivity index (χ1) is 12.8. The molecule has 0 aromatic heterocycles. The Bertz CT molecular complexity index is 870. The molecule has 186 valence electrons. The van der Waals surface area contributed by atoms with Gasteiger partial charge in [0, 0.05) is 0 Å². The van der Waals surface area contributed by atoms with Crippen LogP contribution >= 0.6 is 0 Å².